The van der Waals surface area contributed by atoms with Crippen molar-refractivity contribution < 1.29 is 0 Å². The zero-order valence-electron chi connectivity index (χ0n) is 4.93. The van der Waals surface area contributed by atoms with Gasteiger partial charge in [-0.1, -0.05) is 0 Å². The zero-order valence-corrected chi connectivity index (χ0v) is 5.75. The van der Waals surface area contributed by atoms with E-state index in [4.69, 9.17) is 11.0 Å². The van der Waals surface area contributed by atoms with Crippen LogP contribution in [0.4, 0.5) is 0 Å². The fraction of sp³-hybridized carbons (Fsp3) is 0.400. The molecule has 2 N–H and O–H groups in total. The lowest BCUT2D eigenvalue weighted by atomic mass is 10.5. The third kappa shape index (κ3) is 1.90. The molecule has 0 aromatic rings. The Hall–Kier alpha value is -0.620. The molecule has 0 radical (unpaired) electrons. The molecule has 3 heteroatoms. The number of thioether (sulfide) groups is 1. The van der Waals surface area contributed by atoms with Gasteiger partial charge in [-0.05, 0) is 13.2 Å². The molecule has 0 aliphatic carbocycles. The van der Waals surface area contributed by atoms with Gasteiger partial charge in [0.2, 0.25) is 0 Å². The summed E-state index contributed by atoms with van der Waals surface area (Å²) in [4.78, 5) is 0.882. The molecule has 0 saturated carbocycles. The Morgan fingerprint density at radius 1 is 1.75 bits per heavy atom. The molecule has 0 saturated heterocycles. The molecule has 0 heterocycles. The van der Waals surface area contributed by atoms with Crippen LogP contribution in [0.3, 0.4) is 0 Å². The van der Waals surface area contributed by atoms with Crippen LogP contribution in [0.1, 0.15) is 6.92 Å². The largest absolute Gasteiger partial charge is 0.390 e. The van der Waals surface area contributed by atoms with Gasteiger partial charge in [-0.15, -0.1) is 11.8 Å². The fourth-order valence-corrected chi connectivity index (χ4v) is 0.454. The van der Waals surface area contributed by atoms with Crippen molar-refractivity contribution in [1.82, 2.24) is 0 Å². The maximum Gasteiger partial charge on any atom is 0.120 e. The van der Waals surface area contributed by atoms with Crippen molar-refractivity contribution in [3.8, 4) is 6.07 Å². The minimum Gasteiger partial charge on any atom is -0.390 e. The molecule has 8 heavy (non-hydrogen) atoms. The highest BCUT2D eigenvalue weighted by atomic mass is 32.2. The maximum absolute atomic E-state index is 8.19. The molecule has 0 bridgehead atoms. The van der Waals surface area contributed by atoms with Gasteiger partial charge in [0, 0.05) is 4.91 Å². The van der Waals surface area contributed by atoms with Gasteiger partial charge in [0.15, 0.2) is 0 Å². The van der Waals surface area contributed by atoms with Crippen LogP contribution in [-0.2, 0) is 0 Å². The average Bonchev–Trinajstić information content (AvgIpc) is 1.84. The summed E-state index contributed by atoms with van der Waals surface area (Å²) in [5.41, 5.74) is 5.54. The monoisotopic (exact) mass is 128 g/mol. The minimum atomic E-state index is 0.317. The minimum absolute atomic E-state index is 0.317. The van der Waals surface area contributed by atoms with Crippen LogP contribution in [-0.4, -0.2) is 6.26 Å². The normalized spacial score (nSPS) is 12.1. The molecule has 0 rings (SSSR count). The first kappa shape index (κ1) is 7.38. The maximum atomic E-state index is 8.19. The van der Waals surface area contributed by atoms with Gasteiger partial charge in [-0.3, -0.25) is 0 Å². The third-order valence-electron chi connectivity index (χ3n) is 0.806. The van der Waals surface area contributed by atoms with E-state index in [1.807, 2.05) is 19.2 Å². The summed E-state index contributed by atoms with van der Waals surface area (Å²) in [5.74, 6) is 0. The molecule has 0 aromatic carbocycles. The first-order chi connectivity index (χ1) is 3.72. The molecular weight excluding hydrogens is 120 g/mol. The number of nitriles is 1. The molecule has 0 aliphatic heterocycles. The second-order valence-corrected chi connectivity index (χ2v) is 2.31. The van der Waals surface area contributed by atoms with Gasteiger partial charge in [-0.25, -0.2) is 0 Å². The number of nitrogens with two attached hydrogens (primary N) is 1. The molecule has 0 unspecified atom stereocenters. The van der Waals surface area contributed by atoms with Crippen molar-refractivity contribution >= 4 is 11.8 Å². The smallest absolute Gasteiger partial charge is 0.120 e. The van der Waals surface area contributed by atoms with Crippen LogP contribution in [0.2, 0.25) is 0 Å². The molecule has 0 aliphatic rings. The van der Waals surface area contributed by atoms with Crippen LogP contribution >= 0.6 is 11.8 Å². The van der Waals surface area contributed by atoms with Crippen LogP contribution < -0.4 is 5.73 Å². The summed E-state index contributed by atoms with van der Waals surface area (Å²) < 4.78 is 0. The average molecular weight is 128 g/mol. The Kier molecular flexibility index (Phi) is 3.13. The van der Waals surface area contributed by atoms with Gasteiger partial charge < -0.3 is 5.73 Å². The summed E-state index contributed by atoms with van der Waals surface area (Å²) in [5, 5.41) is 8.19. The highest BCUT2D eigenvalue weighted by Crippen LogP contribution is 2.10. The third-order valence-corrected chi connectivity index (χ3v) is 1.64. The SMILES string of the molecule is CS/C(C)=C(\N)C#N. The second kappa shape index (κ2) is 3.39. The van der Waals surface area contributed by atoms with E-state index < -0.39 is 0 Å². The Morgan fingerprint density at radius 2 is 2.25 bits per heavy atom. The molecule has 0 fully saturated rings. The first-order valence-electron chi connectivity index (χ1n) is 2.12. The molecule has 44 valence electrons. The lowest BCUT2D eigenvalue weighted by molar-refractivity contribution is 1.35. The van der Waals surface area contributed by atoms with Crippen molar-refractivity contribution in [3.05, 3.63) is 10.6 Å². The fourth-order valence-electron chi connectivity index (χ4n) is 0.189. The second-order valence-electron chi connectivity index (χ2n) is 1.29. The van der Waals surface area contributed by atoms with Gasteiger partial charge in [0.05, 0.1) is 0 Å². The van der Waals surface area contributed by atoms with Crippen LogP contribution in [0.15, 0.2) is 10.6 Å². The quantitative estimate of drug-likeness (QED) is 0.537. The number of nitrogens with zero attached hydrogens (tertiary/aromatic N) is 1. The Morgan fingerprint density at radius 3 is 2.38 bits per heavy atom. The molecule has 2 nitrogen and oxygen atoms in total. The van der Waals surface area contributed by atoms with E-state index in [2.05, 4.69) is 0 Å². The lowest BCUT2D eigenvalue weighted by Gasteiger charge is -1.91. The molecule has 0 aromatic heterocycles. The zero-order chi connectivity index (χ0) is 6.57. The summed E-state index contributed by atoms with van der Waals surface area (Å²) in [6, 6.07) is 1.85. The summed E-state index contributed by atoms with van der Waals surface area (Å²) in [6.45, 7) is 1.82. The highest BCUT2D eigenvalue weighted by molar-refractivity contribution is 8.02. The molecular formula is C5H8N2S. The predicted octanol–water partition coefficient (Wildman–Crippen LogP) is 1.06. The van der Waals surface area contributed by atoms with E-state index in [1.165, 1.54) is 11.8 Å². The molecule has 0 spiro atoms. The van der Waals surface area contributed by atoms with Gasteiger partial charge in [-0.2, -0.15) is 5.26 Å². The number of hydrogen-bond acceptors (Lipinski definition) is 3. The van der Waals surface area contributed by atoms with E-state index in [1.54, 1.807) is 0 Å². The van der Waals surface area contributed by atoms with Crippen molar-refractivity contribution in [2.45, 2.75) is 6.92 Å². The van der Waals surface area contributed by atoms with Gasteiger partial charge >= 0.3 is 0 Å². The summed E-state index contributed by atoms with van der Waals surface area (Å²) in [6.07, 6.45) is 1.89. The van der Waals surface area contributed by atoms with Crippen LogP contribution in [0.5, 0.6) is 0 Å². The summed E-state index contributed by atoms with van der Waals surface area (Å²) >= 11 is 1.49. The lowest BCUT2D eigenvalue weighted by Crippen LogP contribution is -1.94. The van der Waals surface area contributed by atoms with E-state index in [0.29, 0.717) is 5.70 Å². The Labute approximate surface area is 53.4 Å². The first-order valence-corrected chi connectivity index (χ1v) is 3.35. The highest BCUT2D eigenvalue weighted by Gasteiger charge is 1.90. The van der Waals surface area contributed by atoms with Crippen LogP contribution in [0, 0.1) is 11.3 Å². The van der Waals surface area contributed by atoms with Crippen molar-refractivity contribution in [2.75, 3.05) is 6.26 Å². The molecule has 0 amide bonds. The Balaban J connectivity index is 4.10. The topological polar surface area (TPSA) is 49.8 Å². The number of rotatable bonds is 1. The predicted molar refractivity (Wildman–Crippen MR) is 36.0 cm³/mol. The van der Waals surface area contributed by atoms with E-state index in [0.717, 1.165) is 4.91 Å². The van der Waals surface area contributed by atoms with E-state index in [-0.39, 0.29) is 0 Å². The van der Waals surface area contributed by atoms with Crippen molar-refractivity contribution in [3.63, 3.8) is 0 Å². The van der Waals surface area contributed by atoms with Crippen molar-refractivity contribution in [1.29, 1.82) is 5.26 Å². The van der Waals surface area contributed by atoms with Gasteiger partial charge in [0.1, 0.15) is 11.8 Å². The number of hydrogen-bond donors (Lipinski definition) is 1. The number of allylic oxidation sites excluding steroid dienone is 2. The van der Waals surface area contributed by atoms with Crippen molar-refractivity contribution in [2.24, 2.45) is 5.73 Å². The van der Waals surface area contributed by atoms with Crippen LogP contribution in [0.25, 0.3) is 0 Å². The van der Waals surface area contributed by atoms with E-state index >= 15 is 0 Å². The summed E-state index contributed by atoms with van der Waals surface area (Å²) in [7, 11) is 0. The van der Waals surface area contributed by atoms with Gasteiger partial charge in [0.25, 0.3) is 0 Å². The standard InChI is InChI=1S/C5H8N2S/c1-4(8-2)5(7)3-6/h7H2,1-2H3/b5-4-. The Bertz CT molecular complexity index is 143. The molecule has 0 atom stereocenters. The van der Waals surface area contributed by atoms with E-state index in [9.17, 15) is 0 Å².